The number of rotatable bonds is 4. The van der Waals surface area contributed by atoms with Crippen LogP contribution in [0.15, 0.2) is 29.2 Å². The molecule has 1 aliphatic rings. The van der Waals surface area contributed by atoms with Gasteiger partial charge in [-0.05, 0) is 43.0 Å². The summed E-state index contributed by atoms with van der Waals surface area (Å²) in [6.45, 7) is 2.18. The van der Waals surface area contributed by atoms with E-state index in [1.165, 1.54) is 25.0 Å². The van der Waals surface area contributed by atoms with Gasteiger partial charge in [-0.1, -0.05) is 19.8 Å². The number of nitrogens with zero attached hydrogens (tertiary/aromatic N) is 1. The van der Waals surface area contributed by atoms with Gasteiger partial charge in [0.25, 0.3) is 0 Å². The predicted octanol–water partition coefficient (Wildman–Crippen LogP) is 4.39. The second kappa shape index (κ2) is 5.10. The Morgan fingerprint density at radius 2 is 2.06 bits per heavy atom. The first-order valence-electron chi connectivity index (χ1n) is 6.03. The van der Waals surface area contributed by atoms with Gasteiger partial charge in [-0.25, -0.2) is 4.39 Å². The largest absolute Gasteiger partial charge is 0.207 e. The third kappa shape index (κ3) is 2.81. The second-order valence-corrected chi connectivity index (χ2v) is 6.18. The molecule has 0 N–H and O–H groups in total. The van der Waals surface area contributed by atoms with Gasteiger partial charge in [0.2, 0.25) is 0 Å². The zero-order valence-corrected chi connectivity index (χ0v) is 10.8. The summed E-state index contributed by atoms with van der Waals surface area (Å²) in [6, 6.07) is 8.86. The topological polar surface area (TPSA) is 23.8 Å². The third-order valence-corrected chi connectivity index (χ3v) is 4.59. The summed E-state index contributed by atoms with van der Waals surface area (Å²) in [6.07, 6.45) is 4.35. The Morgan fingerprint density at radius 1 is 1.41 bits per heavy atom. The van der Waals surface area contributed by atoms with Crippen LogP contribution in [0.3, 0.4) is 0 Å². The smallest absolute Gasteiger partial charge is 0.123 e. The van der Waals surface area contributed by atoms with Crippen molar-refractivity contribution >= 4 is 11.8 Å². The summed E-state index contributed by atoms with van der Waals surface area (Å²) in [5.41, 5.74) is 0. The van der Waals surface area contributed by atoms with E-state index in [1.54, 1.807) is 23.9 Å². The number of nitriles is 1. The van der Waals surface area contributed by atoms with Crippen molar-refractivity contribution in [3.05, 3.63) is 30.1 Å². The molecule has 0 unspecified atom stereocenters. The van der Waals surface area contributed by atoms with E-state index in [0.29, 0.717) is 5.92 Å². The molecule has 1 fully saturated rings. The highest BCUT2D eigenvalue weighted by Crippen LogP contribution is 2.51. The van der Waals surface area contributed by atoms with Crippen LogP contribution in [-0.4, -0.2) is 4.75 Å². The van der Waals surface area contributed by atoms with Crippen molar-refractivity contribution in [1.29, 1.82) is 5.26 Å². The molecule has 0 heterocycles. The Kier molecular flexibility index (Phi) is 3.73. The van der Waals surface area contributed by atoms with E-state index in [2.05, 4.69) is 13.0 Å². The normalized spacial score (nSPS) is 27.2. The SMILES string of the molecule is CCCC1CC(C#N)(Sc2ccc(F)cc2)C1. The zero-order chi connectivity index (χ0) is 12.3. The fraction of sp³-hybridized carbons (Fsp3) is 0.500. The lowest BCUT2D eigenvalue weighted by Gasteiger charge is -2.42. The van der Waals surface area contributed by atoms with Crippen molar-refractivity contribution in [3.8, 4) is 6.07 Å². The van der Waals surface area contributed by atoms with Crippen LogP contribution in [-0.2, 0) is 0 Å². The van der Waals surface area contributed by atoms with Crippen molar-refractivity contribution < 1.29 is 4.39 Å². The van der Waals surface area contributed by atoms with E-state index >= 15 is 0 Å². The van der Waals surface area contributed by atoms with Gasteiger partial charge in [0.1, 0.15) is 10.6 Å². The Morgan fingerprint density at radius 3 is 2.59 bits per heavy atom. The van der Waals surface area contributed by atoms with Gasteiger partial charge in [-0.15, -0.1) is 11.8 Å². The molecular weight excluding hydrogens is 233 g/mol. The summed E-state index contributed by atoms with van der Waals surface area (Å²) in [7, 11) is 0. The lowest BCUT2D eigenvalue weighted by Crippen LogP contribution is -2.39. The molecule has 0 saturated heterocycles. The molecule has 0 bridgehead atoms. The van der Waals surface area contributed by atoms with Crippen LogP contribution in [0.1, 0.15) is 32.6 Å². The van der Waals surface area contributed by atoms with E-state index in [4.69, 9.17) is 0 Å². The Hall–Kier alpha value is -1.01. The molecule has 3 heteroatoms. The molecule has 1 nitrogen and oxygen atoms in total. The van der Waals surface area contributed by atoms with Gasteiger partial charge < -0.3 is 0 Å². The molecule has 2 rings (SSSR count). The number of thioether (sulfide) groups is 1. The molecule has 0 atom stereocenters. The van der Waals surface area contributed by atoms with Crippen LogP contribution >= 0.6 is 11.8 Å². The van der Waals surface area contributed by atoms with Gasteiger partial charge in [-0.2, -0.15) is 5.26 Å². The van der Waals surface area contributed by atoms with Crippen molar-refractivity contribution in [2.24, 2.45) is 5.92 Å². The first-order chi connectivity index (χ1) is 8.17. The molecule has 0 aliphatic heterocycles. The van der Waals surface area contributed by atoms with Crippen molar-refractivity contribution in [2.75, 3.05) is 0 Å². The number of benzene rings is 1. The summed E-state index contributed by atoms with van der Waals surface area (Å²) in [4.78, 5) is 0.989. The lowest BCUT2D eigenvalue weighted by molar-refractivity contribution is 0.258. The monoisotopic (exact) mass is 249 g/mol. The Labute approximate surface area is 106 Å². The first-order valence-corrected chi connectivity index (χ1v) is 6.85. The number of hydrogen-bond acceptors (Lipinski definition) is 2. The van der Waals surface area contributed by atoms with E-state index in [9.17, 15) is 9.65 Å². The van der Waals surface area contributed by atoms with Crippen LogP contribution in [0.25, 0.3) is 0 Å². The van der Waals surface area contributed by atoms with E-state index in [-0.39, 0.29) is 10.6 Å². The van der Waals surface area contributed by atoms with Gasteiger partial charge in [-0.3, -0.25) is 0 Å². The molecule has 1 saturated carbocycles. The molecule has 0 amide bonds. The van der Waals surface area contributed by atoms with Gasteiger partial charge in [0, 0.05) is 4.90 Å². The minimum Gasteiger partial charge on any atom is -0.207 e. The molecule has 1 aromatic rings. The zero-order valence-electron chi connectivity index (χ0n) is 9.95. The predicted molar refractivity (Wildman–Crippen MR) is 68.2 cm³/mol. The van der Waals surface area contributed by atoms with Crippen LogP contribution < -0.4 is 0 Å². The molecule has 0 spiro atoms. The first kappa shape index (κ1) is 12.4. The minimum atomic E-state index is -0.266. The molecule has 1 aromatic carbocycles. The van der Waals surface area contributed by atoms with Crippen molar-refractivity contribution in [3.63, 3.8) is 0 Å². The van der Waals surface area contributed by atoms with E-state index < -0.39 is 0 Å². The van der Waals surface area contributed by atoms with Gasteiger partial charge >= 0.3 is 0 Å². The highest BCUT2D eigenvalue weighted by molar-refractivity contribution is 8.01. The van der Waals surface area contributed by atoms with Crippen LogP contribution in [0.4, 0.5) is 4.39 Å². The van der Waals surface area contributed by atoms with E-state index in [1.807, 2.05) is 0 Å². The Bertz CT molecular complexity index is 415. The molecule has 17 heavy (non-hydrogen) atoms. The fourth-order valence-corrected chi connectivity index (χ4v) is 3.82. The average Bonchev–Trinajstić information content (AvgIpc) is 2.29. The second-order valence-electron chi connectivity index (χ2n) is 4.73. The van der Waals surface area contributed by atoms with Crippen molar-refractivity contribution in [2.45, 2.75) is 42.2 Å². The average molecular weight is 249 g/mol. The quantitative estimate of drug-likeness (QED) is 0.790. The highest BCUT2D eigenvalue weighted by Gasteiger charge is 2.44. The third-order valence-electron chi connectivity index (χ3n) is 3.26. The van der Waals surface area contributed by atoms with E-state index in [0.717, 1.165) is 17.7 Å². The van der Waals surface area contributed by atoms with Crippen LogP contribution in [0, 0.1) is 23.1 Å². The summed E-state index contributed by atoms with van der Waals surface area (Å²) in [5, 5.41) is 9.29. The maximum absolute atomic E-state index is 12.8. The maximum Gasteiger partial charge on any atom is 0.123 e. The number of halogens is 1. The Balaban J connectivity index is 1.98. The molecule has 90 valence electrons. The lowest BCUT2D eigenvalue weighted by atomic mass is 9.73. The molecule has 1 aliphatic carbocycles. The van der Waals surface area contributed by atoms with Gasteiger partial charge in [0.15, 0.2) is 0 Å². The number of hydrogen-bond donors (Lipinski definition) is 0. The van der Waals surface area contributed by atoms with Crippen LogP contribution in [0.5, 0.6) is 0 Å². The molecule has 0 aromatic heterocycles. The maximum atomic E-state index is 12.8. The molecular formula is C14H16FNS. The summed E-state index contributed by atoms with van der Waals surface area (Å²) < 4.78 is 12.5. The standard InChI is InChI=1S/C14H16FNS/c1-2-3-11-8-14(9-11,10-16)17-13-6-4-12(15)5-7-13/h4-7,11H,2-3,8-9H2,1H3. The summed E-state index contributed by atoms with van der Waals surface area (Å²) >= 11 is 1.59. The molecule has 0 radical (unpaired) electrons. The van der Waals surface area contributed by atoms with Crippen LogP contribution in [0.2, 0.25) is 0 Å². The van der Waals surface area contributed by atoms with Gasteiger partial charge in [0.05, 0.1) is 6.07 Å². The van der Waals surface area contributed by atoms with Crippen molar-refractivity contribution in [1.82, 2.24) is 0 Å². The minimum absolute atomic E-state index is 0.224. The summed E-state index contributed by atoms with van der Waals surface area (Å²) in [5.74, 6) is 0.477. The fourth-order valence-electron chi connectivity index (χ4n) is 2.41. The highest BCUT2D eigenvalue weighted by atomic mass is 32.2.